The Morgan fingerprint density at radius 2 is 1.79 bits per heavy atom. The normalized spacial score (nSPS) is 18.1. The first-order chi connectivity index (χ1) is 11.2. The molecule has 6 heteroatoms. The van der Waals surface area contributed by atoms with Crippen molar-refractivity contribution in [3.63, 3.8) is 0 Å². The molecule has 1 heterocycles. The summed E-state index contributed by atoms with van der Waals surface area (Å²) >= 11 is 6.40. The third-order valence-corrected chi connectivity index (χ3v) is 5.22. The molecule has 1 aromatic carbocycles. The lowest BCUT2D eigenvalue weighted by Gasteiger charge is -2.26. The zero-order valence-electron chi connectivity index (χ0n) is 14.1. The minimum atomic E-state index is -1.04. The number of carbonyl (C=O) groups is 2. The molecule has 0 aromatic heterocycles. The van der Waals surface area contributed by atoms with E-state index < -0.39 is 12.0 Å². The van der Waals surface area contributed by atoms with E-state index in [1.165, 1.54) is 10.5 Å². The number of carbonyl (C=O) groups excluding carboxylic acids is 1. The Hall–Kier alpha value is -1.66. The summed E-state index contributed by atoms with van der Waals surface area (Å²) in [7, 11) is 0. The first-order valence-corrected chi connectivity index (χ1v) is 9.04. The Bertz CT molecular complexity index is 693. The lowest BCUT2D eigenvalue weighted by Crippen LogP contribution is -2.47. The second-order valence-corrected chi connectivity index (χ2v) is 8.08. The molecule has 0 bridgehead atoms. The summed E-state index contributed by atoms with van der Waals surface area (Å²) in [4.78, 5) is 25.8. The summed E-state index contributed by atoms with van der Waals surface area (Å²) in [5, 5.41) is 9.42. The van der Waals surface area contributed by atoms with Gasteiger partial charge in [-0.05, 0) is 29.0 Å². The van der Waals surface area contributed by atoms with Crippen LogP contribution in [0.3, 0.4) is 0 Å². The van der Waals surface area contributed by atoms with E-state index in [4.69, 9.17) is 12.2 Å². The number of amides is 1. The van der Waals surface area contributed by atoms with Gasteiger partial charge in [0, 0.05) is 0 Å². The van der Waals surface area contributed by atoms with Crippen LogP contribution >= 0.6 is 24.0 Å². The van der Waals surface area contributed by atoms with E-state index in [1.807, 2.05) is 24.3 Å². The molecule has 128 valence electrons. The van der Waals surface area contributed by atoms with Gasteiger partial charge < -0.3 is 5.11 Å². The van der Waals surface area contributed by atoms with Crippen LogP contribution in [0.25, 0.3) is 6.08 Å². The van der Waals surface area contributed by atoms with Crippen molar-refractivity contribution in [2.75, 3.05) is 0 Å². The number of nitrogens with zero attached hydrogens (tertiary/aromatic N) is 1. The molecule has 1 atom stereocenters. The van der Waals surface area contributed by atoms with Crippen molar-refractivity contribution in [3.8, 4) is 0 Å². The molecule has 0 saturated carbocycles. The Kier molecular flexibility index (Phi) is 5.83. The topological polar surface area (TPSA) is 57.6 Å². The Morgan fingerprint density at radius 1 is 1.21 bits per heavy atom. The summed E-state index contributed by atoms with van der Waals surface area (Å²) in [6.45, 7) is 7.79. The molecule has 1 aromatic rings. The fourth-order valence-electron chi connectivity index (χ4n) is 2.54. The number of carboxylic acid groups (broad SMARTS) is 1. The van der Waals surface area contributed by atoms with Crippen molar-refractivity contribution in [2.24, 2.45) is 5.92 Å². The fraction of sp³-hybridized carbons (Fsp3) is 0.389. The van der Waals surface area contributed by atoms with Crippen LogP contribution in [0.4, 0.5) is 0 Å². The second kappa shape index (κ2) is 7.49. The van der Waals surface area contributed by atoms with E-state index in [0.29, 0.717) is 15.1 Å². The minimum Gasteiger partial charge on any atom is -0.480 e. The molecule has 0 aliphatic carbocycles. The van der Waals surface area contributed by atoms with Gasteiger partial charge in [0.2, 0.25) is 0 Å². The third-order valence-electron chi connectivity index (χ3n) is 3.89. The average molecular weight is 364 g/mol. The average Bonchev–Trinajstić information content (AvgIpc) is 2.75. The molecule has 1 amide bonds. The molecule has 0 radical (unpaired) electrons. The van der Waals surface area contributed by atoms with Gasteiger partial charge in [0.1, 0.15) is 10.4 Å². The zero-order chi connectivity index (χ0) is 18.0. The van der Waals surface area contributed by atoms with Gasteiger partial charge in [0.25, 0.3) is 5.91 Å². The highest BCUT2D eigenvalue weighted by Crippen LogP contribution is 2.35. The van der Waals surface area contributed by atoms with Crippen molar-refractivity contribution in [2.45, 2.75) is 39.7 Å². The Morgan fingerprint density at radius 3 is 2.25 bits per heavy atom. The fourth-order valence-corrected chi connectivity index (χ4v) is 3.87. The van der Waals surface area contributed by atoms with Gasteiger partial charge in [0.15, 0.2) is 0 Å². The standard InChI is InChI=1S/C18H21NO3S2/c1-10(2)13-7-5-12(6-8-13)9-14-16(20)19(18(23)24-14)15(11(3)4)17(21)22/h5-11,15H,1-4H3,(H,21,22)/b14-9-/t15-/m1/s1. The molecule has 0 unspecified atom stereocenters. The van der Waals surface area contributed by atoms with Crippen LogP contribution in [0.2, 0.25) is 0 Å². The maximum absolute atomic E-state index is 12.6. The molecule has 4 nitrogen and oxygen atoms in total. The maximum Gasteiger partial charge on any atom is 0.327 e. The van der Waals surface area contributed by atoms with Gasteiger partial charge in [-0.2, -0.15) is 0 Å². The van der Waals surface area contributed by atoms with E-state index in [-0.39, 0.29) is 11.8 Å². The van der Waals surface area contributed by atoms with E-state index in [0.717, 1.165) is 17.3 Å². The van der Waals surface area contributed by atoms with Crippen LogP contribution in [0.1, 0.15) is 44.7 Å². The number of aliphatic carboxylic acids is 1. The van der Waals surface area contributed by atoms with Crippen molar-refractivity contribution < 1.29 is 14.7 Å². The molecule has 0 spiro atoms. The van der Waals surface area contributed by atoms with Gasteiger partial charge in [-0.25, -0.2) is 4.79 Å². The van der Waals surface area contributed by atoms with Crippen molar-refractivity contribution >= 4 is 46.3 Å². The van der Waals surface area contributed by atoms with Gasteiger partial charge in [-0.1, -0.05) is 75.9 Å². The maximum atomic E-state index is 12.6. The number of carboxylic acids is 1. The SMILES string of the molecule is CC(C)c1ccc(/C=C2\SC(=S)N([C@@H](C(=O)O)C(C)C)C2=O)cc1. The van der Waals surface area contributed by atoms with Crippen molar-refractivity contribution in [3.05, 3.63) is 40.3 Å². The smallest absolute Gasteiger partial charge is 0.327 e. The van der Waals surface area contributed by atoms with Crippen LogP contribution in [0.15, 0.2) is 29.2 Å². The van der Waals surface area contributed by atoms with E-state index in [1.54, 1.807) is 19.9 Å². The predicted octanol–water partition coefficient (Wildman–Crippen LogP) is 4.12. The number of thiocarbonyl (C=S) groups is 1. The van der Waals surface area contributed by atoms with E-state index in [9.17, 15) is 14.7 Å². The zero-order valence-corrected chi connectivity index (χ0v) is 15.8. The van der Waals surface area contributed by atoms with Crippen LogP contribution in [-0.4, -0.2) is 32.2 Å². The predicted molar refractivity (Wildman–Crippen MR) is 102 cm³/mol. The highest BCUT2D eigenvalue weighted by atomic mass is 32.2. The lowest BCUT2D eigenvalue weighted by atomic mass is 10.0. The van der Waals surface area contributed by atoms with Crippen molar-refractivity contribution in [1.82, 2.24) is 4.90 Å². The van der Waals surface area contributed by atoms with Crippen LogP contribution in [0, 0.1) is 5.92 Å². The molecule has 1 saturated heterocycles. The summed E-state index contributed by atoms with van der Waals surface area (Å²) in [6, 6.07) is 7.04. The van der Waals surface area contributed by atoms with E-state index in [2.05, 4.69) is 13.8 Å². The van der Waals surface area contributed by atoms with E-state index >= 15 is 0 Å². The summed E-state index contributed by atoms with van der Waals surface area (Å²) in [6.07, 6.45) is 1.77. The minimum absolute atomic E-state index is 0.227. The largest absolute Gasteiger partial charge is 0.480 e. The summed E-state index contributed by atoms with van der Waals surface area (Å²) in [5.41, 5.74) is 2.13. The Labute approximate surface area is 151 Å². The molecule has 1 aliphatic heterocycles. The van der Waals surface area contributed by atoms with Crippen LogP contribution in [-0.2, 0) is 9.59 Å². The van der Waals surface area contributed by atoms with Gasteiger partial charge in [0.05, 0.1) is 4.91 Å². The molecule has 24 heavy (non-hydrogen) atoms. The highest BCUT2D eigenvalue weighted by Gasteiger charge is 2.41. The number of thioether (sulfide) groups is 1. The third kappa shape index (κ3) is 3.87. The van der Waals surface area contributed by atoms with Crippen molar-refractivity contribution in [1.29, 1.82) is 0 Å². The van der Waals surface area contributed by atoms with Gasteiger partial charge >= 0.3 is 5.97 Å². The van der Waals surface area contributed by atoms with Gasteiger partial charge in [-0.3, -0.25) is 9.69 Å². The monoisotopic (exact) mass is 363 g/mol. The first-order valence-electron chi connectivity index (χ1n) is 7.82. The molecule has 1 aliphatic rings. The Balaban J connectivity index is 2.29. The molecular weight excluding hydrogens is 342 g/mol. The molecular formula is C18H21NO3S2. The number of rotatable bonds is 5. The summed E-state index contributed by atoms with van der Waals surface area (Å²) in [5.74, 6) is -1.16. The molecule has 1 fully saturated rings. The van der Waals surface area contributed by atoms with Crippen LogP contribution in [0.5, 0.6) is 0 Å². The quantitative estimate of drug-likeness (QED) is 0.630. The first kappa shape index (κ1) is 18.7. The van der Waals surface area contributed by atoms with Crippen LogP contribution < -0.4 is 0 Å². The number of benzene rings is 1. The summed E-state index contributed by atoms with van der Waals surface area (Å²) < 4.78 is 0.297. The molecule has 2 rings (SSSR count). The lowest BCUT2D eigenvalue weighted by molar-refractivity contribution is -0.146. The second-order valence-electron chi connectivity index (χ2n) is 6.40. The molecule has 1 N–H and O–H groups in total. The highest BCUT2D eigenvalue weighted by molar-refractivity contribution is 8.26. The number of hydrogen-bond donors (Lipinski definition) is 1. The van der Waals surface area contributed by atoms with Gasteiger partial charge in [-0.15, -0.1) is 0 Å². The number of hydrogen-bond acceptors (Lipinski definition) is 4.